The van der Waals surface area contributed by atoms with Crippen molar-refractivity contribution in [2.75, 3.05) is 12.4 Å². The minimum absolute atomic E-state index is 0.0516. The second-order valence-corrected chi connectivity index (χ2v) is 7.06. The summed E-state index contributed by atoms with van der Waals surface area (Å²) in [7, 11) is 1.34. The van der Waals surface area contributed by atoms with Gasteiger partial charge in [-0.15, -0.1) is 0 Å². The highest BCUT2D eigenvalue weighted by Crippen LogP contribution is 2.22. The quantitative estimate of drug-likeness (QED) is 0.304. The third kappa shape index (κ3) is 5.97. The Balaban J connectivity index is 1.62. The number of ether oxygens (including phenoxy) is 2. The van der Waals surface area contributed by atoms with Crippen LogP contribution in [0.4, 0.5) is 5.69 Å². The zero-order valence-corrected chi connectivity index (χ0v) is 17.9. The molecule has 0 unspecified atom stereocenters. The van der Waals surface area contributed by atoms with Gasteiger partial charge in [-0.05, 0) is 53.6 Å². The largest absolute Gasteiger partial charge is 0.489 e. The van der Waals surface area contributed by atoms with E-state index < -0.39 is 11.9 Å². The van der Waals surface area contributed by atoms with Crippen LogP contribution >= 0.6 is 11.6 Å². The smallest absolute Gasteiger partial charge is 0.337 e. The molecule has 1 N–H and O–H groups in total. The van der Waals surface area contributed by atoms with Gasteiger partial charge < -0.3 is 14.8 Å². The lowest BCUT2D eigenvalue weighted by atomic mass is 10.1. The van der Waals surface area contributed by atoms with E-state index in [1.807, 2.05) is 6.07 Å². The first-order valence-corrected chi connectivity index (χ1v) is 9.95. The maximum atomic E-state index is 12.4. The molecule has 0 saturated carbocycles. The summed E-state index contributed by atoms with van der Waals surface area (Å²) in [5.41, 5.74) is 2.42. The minimum Gasteiger partial charge on any atom is -0.489 e. The molecule has 0 aromatic heterocycles. The number of hydrogen-bond donors (Lipinski definition) is 1. The molecule has 160 valence electrons. The molecule has 0 saturated heterocycles. The number of hydrogen-bond acceptors (Lipinski definition) is 5. The van der Waals surface area contributed by atoms with E-state index in [0.29, 0.717) is 34.2 Å². The predicted molar refractivity (Wildman–Crippen MR) is 122 cm³/mol. The summed E-state index contributed by atoms with van der Waals surface area (Å²) in [6, 6.07) is 22.6. The van der Waals surface area contributed by atoms with Crippen molar-refractivity contribution < 1.29 is 19.1 Å². The van der Waals surface area contributed by atoms with Crippen LogP contribution in [0, 0.1) is 11.3 Å². The number of anilines is 1. The number of methoxy groups -OCH3 is 1. The Labute approximate surface area is 190 Å². The molecule has 0 heterocycles. The summed E-state index contributed by atoms with van der Waals surface area (Å²) in [5.74, 6) is -0.312. The average molecular weight is 447 g/mol. The monoisotopic (exact) mass is 446 g/mol. The number of nitriles is 1. The number of halogens is 1. The van der Waals surface area contributed by atoms with Gasteiger partial charge in [0.1, 0.15) is 24.0 Å². The van der Waals surface area contributed by atoms with Crippen LogP contribution in [0.1, 0.15) is 21.5 Å². The standard InChI is InChI=1S/C25H19ClN2O4/c1-31-25(30)19-10-6-18(7-11-19)16-32-21-12-8-17(9-13-21)14-20(15-27)24(29)28-23-5-3-2-4-22(23)26/h2-14H,16H2,1H3,(H,28,29)/b20-14+. The van der Waals surface area contributed by atoms with Crippen LogP contribution in [0.3, 0.4) is 0 Å². The Morgan fingerprint density at radius 2 is 1.72 bits per heavy atom. The van der Waals surface area contributed by atoms with E-state index >= 15 is 0 Å². The first kappa shape index (κ1) is 22.6. The summed E-state index contributed by atoms with van der Waals surface area (Å²) in [6.45, 7) is 0.320. The molecule has 0 spiro atoms. The van der Waals surface area contributed by atoms with Crippen LogP contribution in [0.2, 0.25) is 5.02 Å². The van der Waals surface area contributed by atoms with E-state index in [0.717, 1.165) is 5.56 Å². The number of benzene rings is 3. The first-order chi connectivity index (χ1) is 15.5. The fourth-order valence-electron chi connectivity index (χ4n) is 2.75. The number of carbonyl (C=O) groups excluding carboxylic acids is 2. The lowest BCUT2D eigenvalue weighted by molar-refractivity contribution is -0.112. The van der Waals surface area contributed by atoms with Gasteiger partial charge in [0.2, 0.25) is 0 Å². The third-order valence-electron chi connectivity index (χ3n) is 4.46. The summed E-state index contributed by atoms with van der Waals surface area (Å²) in [4.78, 5) is 23.9. The molecule has 6 nitrogen and oxygen atoms in total. The highest BCUT2D eigenvalue weighted by molar-refractivity contribution is 6.34. The Hall–Kier alpha value is -4.08. The molecule has 3 aromatic carbocycles. The van der Waals surface area contributed by atoms with Crippen molar-refractivity contribution in [3.63, 3.8) is 0 Å². The molecule has 32 heavy (non-hydrogen) atoms. The van der Waals surface area contributed by atoms with E-state index in [-0.39, 0.29) is 5.57 Å². The molecule has 0 radical (unpaired) electrons. The Kier molecular flexibility index (Phi) is 7.63. The maximum Gasteiger partial charge on any atom is 0.337 e. The second kappa shape index (κ2) is 10.8. The van der Waals surface area contributed by atoms with Crippen molar-refractivity contribution in [2.45, 2.75) is 6.61 Å². The van der Waals surface area contributed by atoms with Crippen molar-refractivity contribution >= 4 is 35.2 Å². The van der Waals surface area contributed by atoms with Gasteiger partial charge in [0.15, 0.2) is 0 Å². The number of nitrogens with zero attached hydrogens (tertiary/aromatic N) is 1. The topological polar surface area (TPSA) is 88.4 Å². The predicted octanol–water partition coefficient (Wildman–Crippen LogP) is 5.25. The van der Waals surface area contributed by atoms with E-state index in [1.165, 1.54) is 13.2 Å². The third-order valence-corrected chi connectivity index (χ3v) is 4.79. The lowest BCUT2D eigenvalue weighted by Gasteiger charge is -2.08. The van der Waals surface area contributed by atoms with Crippen molar-refractivity contribution in [3.05, 3.63) is 100 Å². The summed E-state index contributed by atoms with van der Waals surface area (Å²) < 4.78 is 10.4. The van der Waals surface area contributed by atoms with E-state index in [2.05, 4.69) is 10.1 Å². The molecule has 1 amide bonds. The van der Waals surface area contributed by atoms with Gasteiger partial charge in [-0.25, -0.2) is 4.79 Å². The summed E-state index contributed by atoms with van der Waals surface area (Å²) in [6.07, 6.45) is 1.49. The Morgan fingerprint density at radius 1 is 1.03 bits per heavy atom. The lowest BCUT2D eigenvalue weighted by Crippen LogP contribution is -2.13. The fraction of sp³-hybridized carbons (Fsp3) is 0.0800. The molecule has 3 aromatic rings. The highest BCUT2D eigenvalue weighted by Gasteiger charge is 2.11. The van der Waals surface area contributed by atoms with Gasteiger partial charge in [-0.3, -0.25) is 4.79 Å². The number of carbonyl (C=O) groups is 2. The Bertz CT molecular complexity index is 1180. The summed E-state index contributed by atoms with van der Waals surface area (Å²) in [5, 5.41) is 12.4. The molecular formula is C25H19ClN2O4. The fourth-order valence-corrected chi connectivity index (χ4v) is 2.93. The molecule has 0 fully saturated rings. The van der Waals surface area contributed by atoms with Gasteiger partial charge in [0.25, 0.3) is 5.91 Å². The van der Waals surface area contributed by atoms with Crippen LogP contribution in [-0.2, 0) is 16.1 Å². The molecule has 0 aliphatic heterocycles. The van der Waals surface area contributed by atoms with E-state index in [4.69, 9.17) is 16.3 Å². The molecule has 0 aliphatic carbocycles. The Morgan fingerprint density at radius 3 is 2.34 bits per heavy atom. The molecule has 0 bridgehead atoms. The van der Waals surface area contributed by atoms with Gasteiger partial charge in [0, 0.05) is 0 Å². The zero-order chi connectivity index (χ0) is 22.9. The summed E-state index contributed by atoms with van der Waals surface area (Å²) >= 11 is 6.04. The van der Waals surface area contributed by atoms with Crippen molar-refractivity contribution in [1.82, 2.24) is 0 Å². The van der Waals surface area contributed by atoms with E-state index in [1.54, 1.807) is 72.8 Å². The molecule has 3 rings (SSSR count). The zero-order valence-electron chi connectivity index (χ0n) is 17.2. The normalized spacial score (nSPS) is 10.7. The minimum atomic E-state index is -0.545. The molecular weight excluding hydrogens is 428 g/mol. The first-order valence-electron chi connectivity index (χ1n) is 9.58. The number of para-hydroxylation sites is 1. The van der Waals surface area contributed by atoms with E-state index in [9.17, 15) is 14.9 Å². The van der Waals surface area contributed by atoms with Crippen LogP contribution in [-0.4, -0.2) is 19.0 Å². The number of esters is 1. The average Bonchev–Trinajstić information content (AvgIpc) is 2.83. The van der Waals surface area contributed by atoms with Gasteiger partial charge in [-0.1, -0.05) is 48.0 Å². The van der Waals surface area contributed by atoms with Crippen LogP contribution in [0.25, 0.3) is 6.08 Å². The van der Waals surface area contributed by atoms with Gasteiger partial charge in [0.05, 0.1) is 23.4 Å². The number of nitrogens with one attached hydrogen (secondary N) is 1. The highest BCUT2D eigenvalue weighted by atomic mass is 35.5. The van der Waals surface area contributed by atoms with Crippen molar-refractivity contribution in [3.8, 4) is 11.8 Å². The number of amides is 1. The molecule has 0 aliphatic rings. The van der Waals surface area contributed by atoms with Crippen molar-refractivity contribution in [2.24, 2.45) is 0 Å². The van der Waals surface area contributed by atoms with Crippen LogP contribution < -0.4 is 10.1 Å². The van der Waals surface area contributed by atoms with Crippen molar-refractivity contribution in [1.29, 1.82) is 5.26 Å². The maximum absolute atomic E-state index is 12.4. The van der Waals surface area contributed by atoms with Crippen LogP contribution in [0.15, 0.2) is 78.4 Å². The van der Waals surface area contributed by atoms with Gasteiger partial charge in [-0.2, -0.15) is 5.26 Å². The number of rotatable bonds is 7. The molecule has 0 atom stereocenters. The van der Waals surface area contributed by atoms with Crippen LogP contribution in [0.5, 0.6) is 5.75 Å². The van der Waals surface area contributed by atoms with Gasteiger partial charge >= 0.3 is 5.97 Å². The molecule has 7 heteroatoms. The SMILES string of the molecule is COC(=O)c1ccc(COc2ccc(/C=C(\C#N)C(=O)Nc3ccccc3Cl)cc2)cc1. The second-order valence-electron chi connectivity index (χ2n) is 6.65.